The van der Waals surface area contributed by atoms with Crippen LogP contribution in [0.5, 0.6) is 0 Å². The van der Waals surface area contributed by atoms with Crippen molar-refractivity contribution in [1.82, 2.24) is 0 Å². The van der Waals surface area contributed by atoms with Gasteiger partial charge in [0.15, 0.2) is 0 Å². The van der Waals surface area contributed by atoms with Gasteiger partial charge in [0.1, 0.15) is 5.75 Å². The van der Waals surface area contributed by atoms with Gasteiger partial charge in [0, 0.05) is 5.57 Å². The minimum Gasteiger partial charge on any atom is -0.478 e. The molecule has 1 rings (SSSR count). The molecular weight excluding hydrogens is 256 g/mol. The first kappa shape index (κ1) is 16.1. The average Bonchev–Trinajstić information content (AvgIpc) is 2.28. The van der Waals surface area contributed by atoms with Crippen LogP contribution in [-0.4, -0.2) is 29.8 Å². The summed E-state index contributed by atoms with van der Waals surface area (Å²) in [7, 11) is -4.25. The van der Waals surface area contributed by atoms with Crippen LogP contribution in [0.2, 0.25) is 0 Å². The van der Waals surface area contributed by atoms with E-state index in [2.05, 4.69) is 13.2 Å². The molecule has 98 valence electrons. The molecule has 1 aromatic carbocycles. The number of carboxylic acid groups (broad SMARTS) is 1. The van der Waals surface area contributed by atoms with Crippen LogP contribution in [0.3, 0.4) is 0 Å². The van der Waals surface area contributed by atoms with Gasteiger partial charge in [0.25, 0.3) is 10.1 Å². The van der Waals surface area contributed by atoms with E-state index in [-0.39, 0.29) is 0 Å². The van der Waals surface area contributed by atoms with Crippen LogP contribution in [0.1, 0.15) is 5.56 Å². The normalized spacial score (nSPS) is 9.83. The number of rotatable bonds is 4. The lowest BCUT2D eigenvalue weighted by atomic mass is 10.2. The minimum absolute atomic E-state index is 0.553. The monoisotopic (exact) mass is 270 g/mol. The number of benzene rings is 1. The summed E-state index contributed by atoms with van der Waals surface area (Å²) in [5.41, 5.74) is 0.620. The predicted molar refractivity (Wildman–Crippen MR) is 69.7 cm³/mol. The van der Waals surface area contributed by atoms with Crippen LogP contribution in [0, 0.1) is 0 Å². The van der Waals surface area contributed by atoms with Crippen molar-refractivity contribution in [2.24, 2.45) is 0 Å². The summed E-state index contributed by atoms with van der Waals surface area (Å²) in [6.45, 7) is 6.53. The maximum Gasteiger partial charge on any atom is 0.332 e. The van der Waals surface area contributed by atoms with Crippen LogP contribution >= 0.6 is 0 Å². The van der Waals surface area contributed by atoms with E-state index < -0.39 is 27.4 Å². The summed E-state index contributed by atoms with van der Waals surface area (Å²) in [5.74, 6) is -2.36. The third kappa shape index (κ3) is 8.26. The average molecular weight is 270 g/mol. The first-order valence-corrected chi connectivity index (χ1v) is 6.41. The molecule has 0 aliphatic carbocycles. The zero-order valence-electron chi connectivity index (χ0n) is 9.61. The molecule has 0 radical (unpaired) electrons. The molecule has 0 heterocycles. The van der Waals surface area contributed by atoms with Crippen LogP contribution in [0.25, 0.3) is 6.08 Å². The summed E-state index contributed by atoms with van der Waals surface area (Å²) >= 11 is 0. The van der Waals surface area contributed by atoms with E-state index in [1.165, 1.54) is 5.56 Å². The van der Waals surface area contributed by atoms with Crippen molar-refractivity contribution >= 4 is 22.2 Å². The Kier molecular flexibility index (Phi) is 6.62. The Bertz CT molecular complexity index is 517. The Labute approximate surface area is 106 Å². The summed E-state index contributed by atoms with van der Waals surface area (Å²) in [4.78, 5) is 9.90. The molecule has 0 spiro atoms. The smallest absolute Gasteiger partial charge is 0.332 e. The highest BCUT2D eigenvalue weighted by Gasteiger charge is 2.12. The maximum absolute atomic E-state index is 9.98. The van der Waals surface area contributed by atoms with Gasteiger partial charge in [-0.15, -0.1) is 0 Å². The first-order chi connectivity index (χ1) is 8.26. The van der Waals surface area contributed by atoms with E-state index in [0.29, 0.717) is 0 Å². The molecule has 1 aromatic rings. The highest BCUT2D eigenvalue weighted by Crippen LogP contribution is 1.97. The molecule has 0 aromatic heterocycles. The van der Waals surface area contributed by atoms with Gasteiger partial charge in [-0.2, -0.15) is 8.42 Å². The Morgan fingerprint density at radius 1 is 1.28 bits per heavy atom. The van der Waals surface area contributed by atoms with Crippen molar-refractivity contribution in [1.29, 1.82) is 0 Å². The van der Waals surface area contributed by atoms with Gasteiger partial charge in [-0.3, -0.25) is 4.55 Å². The van der Waals surface area contributed by atoms with E-state index in [9.17, 15) is 13.2 Å². The number of hydrogen-bond donors (Lipinski definition) is 2. The number of carboxylic acids is 1. The number of hydrogen-bond acceptors (Lipinski definition) is 3. The van der Waals surface area contributed by atoms with E-state index in [1.54, 1.807) is 0 Å². The lowest BCUT2D eigenvalue weighted by Gasteiger charge is -1.94. The van der Waals surface area contributed by atoms with Crippen molar-refractivity contribution < 1.29 is 22.9 Å². The summed E-state index contributed by atoms with van der Waals surface area (Å²) in [6.07, 6.45) is 1.83. The summed E-state index contributed by atoms with van der Waals surface area (Å²) < 4.78 is 28.0. The second-order valence-electron chi connectivity index (χ2n) is 3.25. The molecule has 0 saturated carbocycles. The van der Waals surface area contributed by atoms with Gasteiger partial charge in [0.05, 0.1) is 0 Å². The van der Waals surface area contributed by atoms with Gasteiger partial charge >= 0.3 is 5.97 Å². The molecule has 0 amide bonds. The van der Waals surface area contributed by atoms with E-state index in [1.807, 2.05) is 36.4 Å². The molecule has 0 aliphatic rings. The van der Waals surface area contributed by atoms with E-state index >= 15 is 0 Å². The maximum atomic E-state index is 9.98. The largest absolute Gasteiger partial charge is 0.478 e. The highest BCUT2D eigenvalue weighted by atomic mass is 32.2. The van der Waals surface area contributed by atoms with Crippen molar-refractivity contribution in [3.8, 4) is 0 Å². The number of carbonyl (C=O) groups is 1. The summed E-state index contributed by atoms with van der Waals surface area (Å²) in [6, 6.07) is 10.0. The lowest BCUT2D eigenvalue weighted by Crippen LogP contribution is -2.12. The van der Waals surface area contributed by atoms with Crippen LogP contribution in [-0.2, 0) is 14.9 Å². The minimum atomic E-state index is -4.25. The third-order valence-electron chi connectivity index (χ3n) is 1.69. The van der Waals surface area contributed by atoms with E-state index in [0.717, 1.165) is 0 Å². The van der Waals surface area contributed by atoms with Crippen molar-refractivity contribution in [3.63, 3.8) is 0 Å². The van der Waals surface area contributed by atoms with Gasteiger partial charge in [-0.05, 0) is 5.56 Å². The van der Waals surface area contributed by atoms with Gasteiger partial charge in [-0.1, -0.05) is 49.6 Å². The van der Waals surface area contributed by atoms with Gasteiger partial charge in [0.2, 0.25) is 0 Å². The Balaban J connectivity index is 0.000000327. The van der Waals surface area contributed by atoms with Crippen molar-refractivity contribution in [2.75, 3.05) is 5.75 Å². The molecule has 0 bridgehead atoms. The molecule has 0 saturated heterocycles. The second-order valence-corrected chi connectivity index (χ2v) is 4.70. The molecule has 18 heavy (non-hydrogen) atoms. The quantitative estimate of drug-likeness (QED) is 0.643. The van der Waals surface area contributed by atoms with Crippen molar-refractivity contribution in [3.05, 3.63) is 54.6 Å². The van der Waals surface area contributed by atoms with E-state index in [4.69, 9.17) is 9.66 Å². The molecule has 6 heteroatoms. The van der Waals surface area contributed by atoms with Crippen LogP contribution in [0.4, 0.5) is 0 Å². The Hall–Kier alpha value is -1.92. The Morgan fingerprint density at radius 2 is 1.78 bits per heavy atom. The van der Waals surface area contributed by atoms with Crippen LogP contribution < -0.4 is 0 Å². The molecule has 0 fully saturated rings. The molecule has 0 atom stereocenters. The third-order valence-corrected chi connectivity index (χ3v) is 2.41. The highest BCUT2D eigenvalue weighted by molar-refractivity contribution is 7.86. The summed E-state index contributed by atoms with van der Waals surface area (Å²) in [5, 5.41) is 8.07. The molecule has 0 unspecified atom stereocenters. The van der Waals surface area contributed by atoms with Crippen molar-refractivity contribution in [2.45, 2.75) is 0 Å². The molecule has 0 aliphatic heterocycles. The lowest BCUT2D eigenvalue weighted by molar-refractivity contribution is -0.132. The van der Waals surface area contributed by atoms with Gasteiger partial charge in [-0.25, -0.2) is 4.79 Å². The fraction of sp³-hybridized carbons (Fsp3) is 0.0833. The molecule has 2 N–H and O–H groups in total. The first-order valence-electron chi connectivity index (χ1n) is 4.80. The Morgan fingerprint density at radius 3 is 2.00 bits per heavy atom. The second kappa shape index (κ2) is 7.41. The zero-order valence-corrected chi connectivity index (χ0v) is 10.4. The topological polar surface area (TPSA) is 91.7 Å². The standard InChI is InChI=1S/C8H8.C4H6O5S/c1-2-8-6-4-3-5-7-8;1-3(4(5)6)2-10(7,8)9/h2-7H,1H2;1-2H2,(H,5,6)(H,7,8,9). The van der Waals surface area contributed by atoms with Crippen LogP contribution in [0.15, 0.2) is 49.1 Å². The molecular formula is C12H14O5S. The predicted octanol–water partition coefficient (Wildman–Crippen LogP) is 1.84. The fourth-order valence-corrected chi connectivity index (χ4v) is 1.43. The van der Waals surface area contributed by atoms with Gasteiger partial charge < -0.3 is 5.11 Å². The SMILES string of the molecule is C=C(CS(=O)(=O)O)C(=O)O.C=Cc1ccccc1. The molecule has 5 nitrogen and oxygen atoms in total. The fourth-order valence-electron chi connectivity index (χ4n) is 0.871. The zero-order chi connectivity index (χ0) is 14.2. The number of aliphatic carboxylic acids is 1.